The van der Waals surface area contributed by atoms with Crippen LogP contribution in [-0.4, -0.2) is 12.2 Å². The van der Waals surface area contributed by atoms with Crippen LogP contribution in [0.1, 0.15) is 11.1 Å². The quantitative estimate of drug-likeness (QED) is 0.534. The Balaban J connectivity index is 2.69. The lowest BCUT2D eigenvalue weighted by Crippen LogP contribution is -2.15. The van der Waals surface area contributed by atoms with Crippen molar-refractivity contribution in [3.63, 3.8) is 0 Å². The Morgan fingerprint density at radius 1 is 1.07 bits per heavy atom. The second-order valence-corrected chi connectivity index (χ2v) is 3.05. The van der Waals surface area contributed by atoms with Crippen molar-refractivity contribution in [1.82, 2.24) is 0 Å². The highest BCUT2D eigenvalue weighted by Crippen LogP contribution is 2.37. The number of benzene rings is 1. The summed E-state index contributed by atoms with van der Waals surface area (Å²) in [6.07, 6.45) is 6.19. The van der Waals surface area contributed by atoms with Gasteiger partial charge in [-0.05, 0) is 11.6 Å². The van der Waals surface area contributed by atoms with Gasteiger partial charge >= 0.3 is 0 Å². The summed E-state index contributed by atoms with van der Waals surface area (Å²) >= 11 is 0. The first-order valence-corrected chi connectivity index (χ1v) is 4.29. The molecule has 0 amide bonds. The van der Waals surface area contributed by atoms with E-state index >= 15 is 0 Å². The monoisotopic (exact) mass is 198 g/mol. The second kappa shape index (κ2) is 3.46. The van der Waals surface area contributed by atoms with Crippen molar-refractivity contribution in [1.29, 1.82) is 0 Å². The van der Waals surface area contributed by atoms with Crippen LogP contribution in [0.15, 0.2) is 40.3 Å². The molecule has 1 aliphatic carbocycles. The highest BCUT2D eigenvalue weighted by molar-refractivity contribution is 5.66. The molecule has 0 atom stereocenters. The molecule has 2 rings (SSSR count). The minimum absolute atomic E-state index is 0.691. The van der Waals surface area contributed by atoms with Crippen LogP contribution in [0.3, 0.4) is 0 Å². The molecular formula is C11H6N2O2. The van der Waals surface area contributed by atoms with Crippen LogP contribution in [-0.2, 0) is 15.3 Å². The van der Waals surface area contributed by atoms with Crippen LogP contribution in [0.5, 0.6) is 0 Å². The lowest BCUT2D eigenvalue weighted by Gasteiger charge is -2.14. The van der Waals surface area contributed by atoms with Crippen LogP contribution in [0, 0.1) is 0 Å². The number of hydrogen-bond acceptors (Lipinski definition) is 4. The van der Waals surface area contributed by atoms with Gasteiger partial charge in [0.15, 0.2) is 0 Å². The second-order valence-electron chi connectivity index (χ2n) is 3.05. The zero-order valence-electron chi connectivity index (χ0n) is 7.68. The molecule has 0 unspecified atom stereocenters. The molecule has 72 valence electrons. The van der Waals surface area contributed by atoms with E-state index in [4.69, 9.17) is 0 Å². The van der Waals surface area contributed by atoms with Crippen LogP contribution in [0.25, 0.3) is 6.08 Å². The Morgan fingerprint density at radius 2 is 1.73 bits per heavy atom. The van der Waals surface area contributed by atoms with Crippen molar-refractivity contribution in [2.75, 3.05) is 0 Å². The molecule has 0 N–H and O–H groups in total. The van der Waals surface area contributed by atoms with Crippen molar-refractivity contribution in [2.24, 2.45) is 9.98 Å². The zero-order chi connectivity index (χ0) is 10.7. The van der Waals surface area contributed by atoms with E-state index in [-0.39, 0.29) is 0 Å². The Labute approximate surface area is 85.7 Å². The Kier molecular flexibility index (Phi) is 2.14. The first-order valence-electron chi connectivity index (χ1n) is 4.29. The van der Waals surface area contributed by atoms with Gasteiger partial charge < -0.3 is 0 Å². The average molecular weight is 198 g/mol. The molecule has 0 spiro atoms. The van der Waals surface area contributed by atoms with E-state index in [0.29, 0.717) is 5.56 Å². The third-order valence-electron chi connectivity index (χ3n) is 2.28. The van der Waals surface area contributed by atoms with Crippen LogP contribution >= 0.6 is 0 Å². The Bertz CT molecular complexity index is 503. The number of nitrogens with zero attached hydrogens (tertiary/aromatic N) is 2. The van der Waals surface area contributed by atoms with Gasteiger partial charge in [0.05, 0.1) is 0 Å². The molecule has 0 heterocycles. The van der Waals surface area contributed by atoms with Crippen molar-refractivity contribution in [3.05, 3.63) is 41.5 Å². The van der Waals surface area contributed by atoms with Gasteiger partial charge in [0.25, 0.3) is 0 Å². The molecular weight excluding hydrogens is 192 g/mol. The van der Waals surface area contributed by atoms with E-state index in [9.17, 15) is 9.59 Å². The Morgan fingerprint density at radius 3 is 2.40 bits per heavy atom. The maximum Gasteiger partial charge on any atom is 0.238 e. The summed E-state index contributed by atoms with van der Waals surface area (Å²) in [6, 6.07) is 7.26. The number of isocyanates is 2. The summed E-state index contributed by atoms with van der Waals surface area (Å²) in [7, 11) is 0. The molecule has 1 aliphatic rings. The third kappa shape index (κ3) is 1.34. The number of rotatable bonds is 2. The van der Waals surface area contributed by atoms with Crippen molar-refractivity contribution >= 4 is 18.2 Å². The molecule has 0 saturated heterocycles. The lowest BCUT2D eigenvalue weighted by molar-refractivity contribution is 0.528. The fourth-order valence-electron chi connectivity index (χ4n) is 1.63. The molecule has 1 aromatic rings. The summed E-state index contributed by atoms with van der Waals surface area (Å²) in [5.74, 6) is 0. The summed E-state index contributed by atoms with van der Waals surface area (Å²) in [4.78, 5) is 27.8. The van der Waals surface area contributed by atoms with Gasteiger partial charge in [-0.3, -0.25) is 0 Å². The van der Waals surface area contributed by atoms with Gasteiger partial charge in [-0.1, -0.05) is 30.3 Å². The summed E-state index contributed by atoms with van der Waals surface area (Å²) in [5.41, 5.74) is 0.326. The molecule has 0 bridgehead atoms. The summed E-state index contributed by atoms with van der Waals surface area (Å²) in [5, 5.41) is 0. The highest BCUT2D eigenvalue weighted by Gasteiger charge is 2.34. The smallest absolute Gasteiger partial charge is 0.211 e. The molecule has 0 aromatic heterocycles. The van der Waals surface area contributed by atoms with Gasteiger partial charge in [-0.15, -0.1) is 0 Å². The average Bonchev–Trinajstić information content (AvgIpc) is 2.60. The maximum absolute atomic E-state index is 10.3. The number of carbonyl (C=O) groups excluding carboxylic acids is 2. The van der Waals surface area contributed by atoms with Crippen LogP contribution in [0.4, 0.5) is 0 Å². The predicted molar refractivity (Wildman–Crippen MR) is 53.4 cm³/mol. The number of hydrogen-bond donors (Lipinski definition) is 0. The number of aliphatic imine (C=N–C) groups is 2. The maximum atomic E-state index is 10.3. The van der Waals surface area contributed by atoms with Gasteiger partial charge in [0, 0.05) is 5.56 Å². The van der Waals surface area contributed by atoms with E-state index in [1.54, 1.807) is 24.3 Å². The molecule has 0 fully saturated rings. The van der Waals surface area contributed by atoms with E-state index in [1.165, 1.54) is 12.2 Å². The zero-order valence-corrected chi connectivity index (χ0v) is 7.68. The summed E-state index contributed by atoms with van der Waals surface area (Å²) in [6.45, 7) is 0. The van der Waals surface area contributed by atoms with Gasteiger partial charge in [-0.25, -0.2) is 9.59 Å². The normalized spacial score (nSPS) is 21.3. The minimum Gasteiger partial charge on any atom is -0.211 e. The number of fused-ring (bicyclic) bond motifs is 1. The van der Waals surface area contributed by atoms with E-state index < -0.39 is 5.66 Å². The van der Waals surface area contributed by atoms with Crippen LogP contribution < -0.4 is 0 Å². The van der Waals surface area contributed by atoms with Crippen molar-refractivity contribution < 1.29 is 9.59 Å². The minimum atomic E-state index is -1.25. The topological polar surface area (TPSA) is 58.9 Å². The van der Waals surface area contributed by atoms with Gasteiger partial charge in [0.2, 0.25) is 17.8 Å². The van der Waals surface area contributed by atoms with Crippen LogP contribution in [0.2, 0.25) is 0 Å². The molecule has 4 nitrogen and oxygen atoms in total. The standard InChI is InChI=1S/C11H6N2O2/c14-7-12-11(13-8-15)6-5-9-3-1-2-4-10(9)11/h1-6H. The predicted octanol–water partition coefficient (Wildman–Crippen LogP) is 1.54. The molecule has 0 saturated carbocycles. The van der Waals surface area contributed by atoms with E-state index in [2.05, 4.69) is 9.98 Å². The SMILES string of the molecule is O=C=NC1(N=C=O)C=Cc2ccccc21. The first kappa shape index (κ1) is 9.28. The lowest BCUT2D eigenvalue weighted by atomic mass is 10.0. The van der Waals surface area contributed by atoms with E-state index in [0.717, 1.165) is 5.56 Å². The summed E-state index contributed by atoms with van der Waals surface area (Å²) < 4.78 is 0. The molecule has 0 radical (unpaired) electrons. The molecule has 1 aromatic carbocycles. The third-order valence-corrected chi connectivity index (χ3v) is 2.28. The van der Waals surface area contributed by atoms with Crippen molar-refractivity contribution in [2.45, 2.75) is 5.66 Å². The first-order chi connectivity index (χ1) is 7.32. The van der Waals surface area contributed by atoms with E-state index in [1.807, 2.05) is 12.1 Å². The highest BCUT2D eigenvalue weighted by atomic mass is 16.1. The van der Waals surface area contributed by atoms with Crippen molar-refractivity contribution in [3.8, 4) is 0 Å². The van der Waals surface area contributed by atoms with Gasteiger partial charge in [0.1, 0.15) is 0 Å². The molecule has 15 heavy (non-hydrogen) atoms. The fraction of sp³-hybridized carbons (Fsp3) is 0.0909. The van der Waals surface area contributed by atoms with Gasteiger partial charge in [-0.2, -0.15) is 9.98 Å². The fourth-order valence-corrected chi connectivity index (χ4v) is 1.63. The molecule has 0 aliphatic heterocycles. The molecule has 4 heteroatoms. The Hall–Kier alpha value is -2.28. The largest absolute Gasteiger partial charge is 0.238 e.